The number of anilines is 1. The fraction of sp³-hybridized carbons (Fsp3) is 0.474. The lowest BCUT2D eigenvalue weighted by atomic mass is 9.96. The zero-order chi connectivity index (χ0) is 21.0. The molecule has 0 unspecified atom stereocenters. The summed E-state index contributed by atoms with van der Waals surface area (Å²) in [5.41, 5.74) is 1.15. The van der Waals surface area contributed by atoms with E-state index in [1.807, 2.05) is 20.8 Å². The summed E-state index contributed by atoms with van der Waals surface area (Å²) in [6.45, 7) is 5.96. The monoisotopic (exact) mass is 440 g/mol. The van der Waals surface area contributed by atoms with Gasteiger partial charge in [0.25, 0.3) is 5.92 Å². The van der Waals surface area contributed by atoms with Gasteiger partial charge in [0.2, 0.25) is 0 Å². The van der Waals surface area contributed by atoms with E-state index >= 15 is 0 Å². The maximum atomic E-state index is 13.8. The van der Waals surface area contributed by atoms with Crippen molar-refractivity contribution in [3.05, 3.63) is 39.6 Å². The second kappa shape index (κ2) is 7.02. The molecule has 29 heavy (non-hydrogen) atoms. The molecule has 1 aliphatic rings. The molecule has 6 nitrogen and oxygen atoms in total. The molecule has 0 N–H and O–H groups in total. The first-order valence-electron chi connectivity index (χ1n) is 9.22. The van der Waals surface area contributed by atoms with E-state index in [0.717, 1.165) is 0 Å². The molecule has 3 aromatic rings. The van der Waals surface area contributed by atoms with Gasteiger partial charge in [-0.05, 0) is 12.1 Å². The van der Waals surface area contributed by atoms with E-state index in [9.17, 15) is 8.78 Å². The van der Waals surface area contributed by atoms with Crippen LogP contribution in [0.1, 0.15) is 38.6 Å². The van der Waals surface area contributed by atoms with E-state index in [2.05, 4.69) is 20.3 Å². The Morgan fingerprint density at radius 2 is 1.83 bits per heavy atom. The first-order chi connectivity index (χ1) is 13.5. The molecule has 0 amide bonds. The number of nitrogens with zero attached hydrogens (tertiary/aromatic N) is 6. The minimum absolute atomic E-state index is 0.200. The fourth-order valence-corrected chi connectivity index (χ4v) is 3.77. The third-order valence-corrected chi connectivity index (χ3v) is 5.56. The highest BCUT2D eigenvalue weighted by molar-refractivity contribution is 6.36. The summed E-state index contributed by atoms with van der Waals surface area (Å²) < 4.78 is 29.3. The van der Waals surface area contributed by atoms with Gasteiger partial charge < -0.3 is 4.90 Å². The molecule has 4 rings (SSSR count). The molecule has 3 heterocycles. The van der Waals surface area contributed by atoms with E-state index in [-0.39, 0.29) is 24.9 Å². The van der Waals surface area contributed by atoms with Gasteiger partial charge in [-0.3, -0.25) is 0 Å². The lowest BCUT2D eigenvalue weighted by Crippen LogP contribution is -2.27. The SMILES string of the molecule is CC(C)(C)c1nc(N2CCC(F)(F)C2)c2nnn(Cc3c(Cl)cccc3Cl)c2n1. The summed E-state index contributed by atoms with van der Waals surface area (Å²) >= 11 is 12.6. The predicted molar refractivity (Wildman–Crippen MR) is 109 cm³/mol. The molecule has 1 fully saturated rings. The Bertz CT molecular complexity index is 1060. The van der Waals surface area contributed by atoms with Gasteiger partial charge >= 0.3 is 0 Å². The fourth-order valence-electron chi connectivity index (χ4n) is 3.25. The first-order valence-corrected chi connectivity index (χ1v) is 9.98. The molecule has 2 aromatic heterocycles. The summed E-state index contributed by atoms with van der Waals surface area (Å²) in [6.07, 6.45) is -0.216. The van der Waals surface area contributed by atoms with Crippen LogP contribution in [0.5, 0.6) is 0 Å². The maximum Gasteiger partial charge on any atom is 0.266 e. The molecule has 1 aromatic carbocycles. The van der Waals surface area contributed by atoms with Crippen molar-refractivity contribution >= 4 is 40.2 Å². The molecule has 1 saturated heterocycles. The molecule has 0 bridgehead atoms. The van der Waals surface area contributed by atoms with E-state index in [1.165, 1.54) is 0 Å². The predicted octanol–water partition coefficient (Wildman–Crippen LogP) is 4.72. The highest BCUT2D eigenvalue weighted by atomic mass is 35.5. The van der Waals surface area contributed by atoms with Crippen LogP contribution in [0.4, 0.5) is 14.6 Å². The molecule has 0 atom stereocenters. The highest BCUT2D eigenvalue weighted by Gasteiger charge is 2.40. The van der Waals surface area contributed by atoms with Crippen molar-refractivity contribution in [2.45, 2.75) is 45.1 Å². The van der Waals surface area contributed by atoms with Crippen molar-refractivity contribution in [3.63, 3.8) is 0 Å². The minimum atomic E-state index is -2.75. The Hall–Kier alpha value is -2.06. The second-order valence-electron chi connectivity index (χ2n) is 8.27. The number of fused-ring (bicyclic) bond motifs is 1. The molecule has 0 spiro atoms. The third kappa shape index (κ3) is 3.88. The Kier molecular flexibility index (Phi) is 4.90. The van der Waals surface area contributed by atoms with Gasteiger partial charge in [0.15, 0.2) is 17.0 Å². The van der Waals surface area contributed by atoms with Crippen LogP contribution < -0.4 is 4.90 Å². The van der Waals surface area contributed by atoms with Crippen LogP contribution in [0, 0.1) is 0 Å². The number of halogens is 4. The molecule has 0 radical (unpaired) electrons. The van der Waals surface area contributed by atoms with Crippen LogP contribution in [0.25, 0.3) is 11.2 Å². The first kappa shape index (κ1) is 20.2. The average molecular weight is 441 g/mol. The van der Waals surface area contributed by atoms with E-state index in [4.69, 9.17) is 23.2 Å². The summed E-state index contributed by atoms with van der Waals surface area (Å²) in [5.74, 6) is -1.84. The lowest BCUT2D eigenvalue weighted by molar-refractivity contribution is 0.0257. The van der Waals surface area contributed by atoms with Crippen LogP contribution in [-0.2, 0) is 12.0 Å². The van der Waals surface area contributed by atoms with Gasteiger partial charge in [-0.1, -0.05) is 55.3 Å². The van der Waals surface area contributed by atoms with Crippen molar-refractivity contribution in [1.29, 1.82) is 0 Å². The number of hydrogen-bond acceptors (Lipinski definition) is 5. The standard InChI is InChI=1S/C19H20Cl2F2N6/c1-18(2,3)17-24-15(28-8-7-19(22,23)10-28)14-16(25-17)29(27-26-14)9-11-12(20)5-4-6-13(11)21/h4-6H,7-10H2,1-3H3. The third-order valence-electron chi connectivity index (χ3n) is 4.85. The van der Waals surface area contributed by atoms with Crippen molar-refractivity contribution in [2.75, 3.05) is 18.0 Å². The van der Waals surface area contributed by atoms with E-state index in [0.29, 0.717) is 38.4 Å². The lowest BCUT2D eigenvalue weighted by Gasteiger charge is -2.22. The van der Waals surface area contributed by atoms with Crippen LogP contribution in [0.3, 0.4) is 0 Å². The van der Waals surface area contributed by atoms with Crippen molar-refractivity contribution < 1.29 is 8.78 Å². The maximum absolute atomic E-state index is 13.8. The summed E-state index contributed by atoms with van der Waals surface area (Å²) in [6, 6.07) is 5.25. The van der Waals surface area contributed by atoms with Crippen LogP contribution >= 0.6 is 23.2 Å². The molecule has 1 aliphatic heterocycles. The molecule has 10 heteroatoms. The molecule has 0 saturated carbocycles. The normalized spacial score (nSPS) is 16.7. The molecule has 0 aliphatic carbocycles. The van der Waals surface area contributed by atoms with Gasteiger partial charge in [-0.2, -0.15) is 0 Å². The summed E-state index contributed by atoms with van der Waals surface area (Å²) in [7, 11) is 0. The summed E-state index contributed by atoms with van der Waals surface area (Å²) in [4.78, 5) is 10.8. The molecular formula is C19H20Cl2F2N6. The van der Waals surface area contributed by atoms with Crippen LogP contribution in [-0.4, -0.2) is 44.0 Å². The van der Waals surface area contributed by atoms with Crippen molar-refractivity contribution in [3.8, 4) is 0 Å². The number of aromatic nitrogens is 5. The Morgan fingerprint density at radius 3 is 2.41 bits per heavy atom. The molecular weight excluding hydrogens is 421 g/mol. The van der Waals surface area contributed by atoms with E-state index in [1.54, 1.807) is 27.8 Å². The smallest absolute Gasteiger partial charge is 0.266 e. The van der Waals surface area contributed by atoms with Gasteiger partial charge in [0, 0.05) is 34.0 Å². The van der Waals surface area contributed by atoms with Crippen LogP contribution in [0.15, 0.2) is 18.2 Å². The number of rotatable bonds is 3. The van der Waals surface area contributed by atoms with Gasteiger partial charge in [-0.15, -0.1) is 5.10 Å². The second-order valence-corrected chi connectivity index (χ2v) is 9.08. The Morgan fingerprint density at radius 1 is 1.14 bits per heavy atom. The highest BCUT2D eigenvalue weighted by Crippen LogP contribution is 2.34. The average Bonchev–Trinajstić information content (AvgIpc) is 3.19. The minimum Gasteiger partial charge on any atom is -0.348 e. The largest absolute Gasteiger partial charge is 0.348 e. The Balaban J connectivity index is 1.85. The van der Waals surface area contributed by atoms with Gasteiger partial charge in [0.05, 0.1) is 13.1 Å². The topological polar surface area (TPSA) is 59.7 Å². The summed E-state index contributed by atoms with van der Waals surface area (Å²) in [5, 5.41) is 9.41. The van der Waals surface area contributed by atoms with Crippen molar-refractivity contribution in [1.82, 2.24) is 25.0 Å². The number of benzene rings is 1. The van der Waals surface area contributed by atoms with E-state index < -0.39 is 12.5 Å². The van der Waals surface area contributed by atoms with Gasteiger partial charge in [0.1, 0.15) is 5.82 Å². The van der Waals surface area contributed by atoms with Crippen molar-refractivity contribution in [2.24, 2.45) is 0 Å². The zero-order valence-corrected chi connectivity index (χ0v) is 17.8. The van der Waals surface area contributed by atoms with Crippen LogP contribution in [0.2, 0.25) is 10.0 Å². The number of alkyl halides is 2. The molecule has 154 valence electrons. The quantitative estimate of drug-likeness (QED) is 0.589. The number of hydrogen-bond donors (Lipinski definition) is 0. The van der Waals surface area contributed by atoms with Gasteiger partial charge in [-0.25, -0.2) is 23.4 Å². The Labute approximate surface area is 176 Å². The zero-order valence-electron chi connectivity index (χ0n) is 16.3.